The first kappa shape index (κ1) is 10.5. The van der Waals surface area contributed by atoms with Crippen LogP contribution in [0.25, 0.3) is 0 Å². The molecule has 15 heavy (non-hydrogen) atoms. The van der Waals surface area contributed by atoms with E-state index in [1.807, 2.05) is 12.1 Å². The fourth-order valence-corrected chi connectivity index (χ4v) is 2.14. The van der Waals surface area contributed by atoms with Gasteiger partial charge in [0.1, 0.15) is 11.9 Å². The van der Waals surface area contributed by atoms with Crippen LogP contribution in [-0.4, -0.2) is 12.1 Å². The fourth-order valence-electron chi connectivity index (χ4n) is 2.14. The summed E-state index contributed by atoms with van der Waals surface area (Å²) < 4.78 is 5.92. The average molecular weight is 205 g/mol. The normalized spacial score (nSPS) is 26.3. The molecule has 0 amide bonds. The minimum atomic E-state index is 0.208. The number of aryl methyl sites for hydroxylation is 1. The van der Waals surface area contributed by atoms with Crippen molar-refractivity contribution in [3.8, 4) is 5.75 Å². The minimum Gasteiger partial charge on any atom is -0.489 e. The van der Waals surface area contributed by atoms with E-state index in [4.69, 9.17) is 10.5 Å². The summed E-state index contributed by atoms with van der Waals surface area (Å²) in [5, 5.41) is 0. The molecular formula is C13H19NO. The highest BCUT2D eigenvalue weighted by Crippen LogP contribution is 2.23. The Kier molecular flexibility index (Phi) is 3.27. The summed E-state index contributed by atoms with van der Waals surface area (Å²) >= 11 is 0. The SMILES string of the molecule is Cc1cccc(O[C@H]2CCCC[C@@H]2N)c1. The quantitative estimate of drug-likeness (QED) is 0.805. The van der Waals surface area contributed by atoms with E-state index in [0.29, 0.717) is 0 Å². The molecule has 0 heterocycles. The van der Waals surface area contributed by atoms with Gasteiger partial charge in [-0.2, -0.15) is 0 Å². The summed E-state index contributed by atoms with van der Waals surface area (Å²) in [5.74, 6) is 0.956. The maximum atomic E-state index is 6.04. The lowest BCUT2D eigenvalue weighted by molar-refractivity contribution is 0.132. The van der Waals surface area contributed by atoms with Gasteiger partial charge in [0.15, 0.2) is 0 Å². The van der Waals surface area contributed by atoms with Crippen LogP contribution in [0.5, 0.6) is 5.75 Å². The second kappa shape index (κ2) is 4.67. The van der Waals surface area contributed by atoms with Gasteiger partial charge >= 0.3 is 0 Å². The Morgan fingerprint density at radius 1 is 1.27 bits per heavy atom. The lowest BCUT2D eigenvalue weighted by Crippen LogP contribution is -2.41. The second-order valence-corrected chi connectivity index (χ2v) is 4.42. The topological polar surface area (TPSA) is 35.2 Å². The molecule has 1 saturated carbocycles. The van der Waals surface area contributed by atoms with Crippen LogP contribution in [0.15, 0.2) is 24.3 Å². The molecule has 1 aliphatic carbocycles. The van der Waals surface area contributed by atoms with Crippen LogP contribution in [0.3, 0.4) is 0 Å². The summed E-state index contributed by atoms with van der Waals surface area (Å²) in [6.45, 7) is 2.08. The molecule has 0 radical (unpaired) electrons. The van der Waals surface area contributed by atoms with Gasteiger partial charge < -0.3 is 10.5 Å². The van der Waals surface area contributed by atoms with Gasteiger partial charge in [-0.15, -0.1) is 0 Å². The third-order valence-electron chi connectivity index (χ3n) is 3.03. The molecule has 2 heteroatoms. The smallest absolute Gasteiger partial charge is 0.120 e. The molecule has 2 N–H and O–H groups in total. The van der Waals surface area contributed by atoms with E-state index >= 15 is 0 Å². The van der Waals surface area contributed by atoms with Gasteiger partial charge in [0, 0.05) is 6.04 Å². The minimum absolute atomic E-state index is 0.208. The molecule has 0 bridgehead atoms. The van der Waals surface area contributed by atoms with Gasteiger partial charge in [-0.25, -0.2) is 0 Å². The van der Waals surface area contributed by atoms with Gasteiger partial charge in [-0.3, -0.25) is 0 Å². The number of nitrogens with two attached hydrogens (primary N) is 1. The molecule has 0 saturated heterocycles. The van der Waals surface area contributed by atoms with E-state index in [1.54, 1.807) is 0 Å². The molecule has 1 aromatic carbocycles. The van der Waals surface area contributed by atoms with Crippen LogP contribution in [0.4, 0.5) is 0 Å². The van der Waals surface area contributed by atoms with Crippen molar-refractivity contribution in [1.82, 2.24) is 0 Å². The predicted octanol–water partition coefficient (Wildman–Crippen LogP) is 2.64. The molecule has 1 fully saturated rings. The van der Waals surface area contributed by atoms with E-state index < -0.39 is 0 Å². The van der Waals surface area contributed by atoms with Gasteiger partial charge in [0.05, 0.1) is 0 Å². The van der Waals surface area contributed by atoms with Crippen molar-refractivity contribution in [2.24, 2.45) is 5.73 Å². The molecular weight excluding hydrogens is 186 g/mol. The number of ether oxygens (including phenoxy) is 1. The Bertz CT molecular complexity index is 324. The largest absolute Gasteiger partial charge is 0.489 e. The number of hydrogen-bond donors (Lipinski definition) is 1. The van der Waals surface area contributed by atoms with E-state index in [0.717, 1.165) is 18.6 Å². The summed E-state index contributed by atoms with van der Waals surface area (Å²) in [6, 6.07) is 8.39. The maximum absolute atomic E-state index is 6.04. The first-order chi connectivity index (χ1) is 7.25. The third-order valence-corrected chi connectivity index (χ3v) is 3.03. The predicted molar refractivity (Wildman–Crippen MR) is 62.0 cm³/mol. The number of rotatable bonds is 2. The lowest BCUT2D eigenvalue weighted by atomic mass is 9.93. The molecule has 0 unspecified atom stereocenters. The van der Waals surface area contributed by atoms with E-state index in [1.165, 1.54) is 18.4 Å². The summed E-state index contributed by atoms with van der Waals surface area (Å²) in [4.78, 5) is 0. The van der Waals surface area contributed by atoms with E-state index in [-0.39, 0.29) is 12.1 Å². The molecule has 1 aliphatic rings. The van der Waals surface area contributed by atoms with Crippen LogP contribution in [0.2, 0.25) is 0 Å². The highest BCUT2D eigenvalue weighted by Gasteiger charge is 2.23. The highest BCUT2D eigenvalue weighted by molar-refractivity contribution is 5.27. The van der Waals surface area contributed by atoms with Gasteiger partial charge in [-0.05, 0) is 43.9 Å². The van der Waals surface area contributed by atoms with Gasteiger partial charge in [-0.1, -0.05) is 18.6 Å². The number of benzene rings is 1. The summed E-state index contributed by atoms with van der Waals surface area (Å²) in [5.41, 5.74) is 7.27. The van der Waals surface area contributed by atoms with Crippen LogP contribution in [0.1, 0.15) is 31.2 Å². The zero-order valence-electron chi connectivity index (χ0n) is 9.28. The molecule has 2 rings (SSSR count). The summed E-state index contributed by atoms with van der Waals surface area (Å²) in [6.07, 6.45) is 4.88. The molecule has 0 aromatic heterocycles. The first-order valence-electron chi connectivity index (χ1n) is 5.74. The maximum Gasteiger partial charge on any atom is 0.120 e. The van der Waals surface area contributed by atoms with Crippen molar-refractivity contribution in [3.63, 3.8) is 0 Å². The Hall–Kier alpha value is -1.02. The number of hydrogen-bond acceptors (Lipinski definition) is 2. The Morgan fingerprint density at radius 3 is 2.80 bits per heavy atom. The Balaban J connectivity index is 2.01. The Labute approximate surface area is 91.4 Å². The van der Waals surface area contributed by atoms with Crippen LogP contribution in [-0.2, 0) is 0 Å². The molecule has 1 aromatic rings. The van der Waals surface area contributed by atoms with Crippen molar-refractivity contribution in [2.45, 2.75) is 44.8 Å². The molecule has 0 spiro atoms. The standard InChI is InChI=1S/C13H19NO/c1-10-5-4-6-11(9-10)15-13-8-3-2-7-12(13)14/h4-6,9,12-13H,2-3,7-8,14H2,1H3/t12-,13-/m0/s1. The van der Waals surface area contributed by atoms with Crippen molar-refractivity contribution in [2.75, 3.05) is 0 Å². The highest BCUT2D eigenvalue weighted by atomic mass is 16.5. The lowest BCUT2D eigenvalue weighted by Gasteiger charge is -2.29. The van der Waals surface area contributed by atoms with Crippen molar-refractivity contribution in [1.29, 1.82) is 0 Å². The van der Waals surface area contributed by atoms with Crippen molar-refractivity contribution >= 4 is 0 Å². The van der Waals surface area contributed by atoms with Crippen molar-refractivity contribution in [3.05, 3.63) is 29.8 Å². The third kappa shape index (κ3) is 2.72. The van der Waals surface area contributed by atoms with Crippen LogP contribution in [0, 0.1) is 6.92 Å². The zero-order valence-corrected chi connectivity index (χ0v) is 9.28. The van der Waals surface area contributed by atoms with Gasteiger partial charge in [0.25, 0.3) is 0 Å². The molecule has 2 atom stereocenters. The first-order valence-corrected chi connectivity index (χ1v) is 5.74. The second-order valence-electron chi connectivity index (χ2n) is 4.42. The molecule has 0 aliphatic heterocycles. The zero-order chi connectivity index (χ0) is 10.7. The monoisotopic (exact) mass is 205 g/mol. The Morgan fingerprint density at radius 2 is 2.07 bits per heavy atom. The molecule has 2 nitrogen and oxygen atoms in total. The van der Waals surface area contributed by atoms with Gasteiger partial charge in [0.2, 0.25) is 0 Å². The van der Waals surface area contributed by atoms with Crippen molar-refractivity contribution < 1.29 is 4.74 Å². The summed E-state index contributed by atoms with van der Waals surface area (Å²) in [7, 11) is 0. The fraction of sp³-hybridized carbons (Fsp3) is 0.538. The average Bonchev–Trinajstić information content (AvgIpc) is 2.22. The molecule has 82 valence electrons. The van der Waals surface area contributed by atoms with E-state index in [2.05, 4.69) is 19.1 Å². The van der Waals surface area contributed by atoms with E-state index in [9.17, 15) is 0 Å². The van der Waals surface area contributed by atoms with Crippen LogP contribution < -0.4 is 10.5 Å². The van der Waals surface area contributed by atoms with Crippen LogP contribution >= 0.6 is 0 Å².